The largest absolute Gasteiger partial charge is 0.390 e. The molecule has 0 aliphatic heterocycles. The zero-order chi connectivity index (χ0) is 18.9. The molecule has 26 heavy (non-hydrogen) atoms. The van der Waals surface area contributed by atoms with Crippen LogP contribution in [0.1, 0.15) is 62.9 Å². The van der Waals surface area contributed by atoms with E-state index in [9.17, 15) is 15.3 Å². The Morgan fingerprint density at radius 2 is 1.65 bits per heavy atom. The van der Waals surface area contributed by atoms with Gasteiger partial charge >= 0.3 is 0 Å². The number of hydrogen-bond donors (Lipinski definition) is 5. The van der Waals surface area contributed by atoms with Gasteiger partial charge in [-0.1, -0.05) is 55.5 Å². The van der Waals surface area contributed by atoms with Gasteiger partial charge in [0.2, 0.25) is 0 Å². The molecule has 5 N–H and O–H groups in total. The number of aromatic amines is 2. The van der Waals surface area contributed by atoms with E-state index in [4.69, 9.17) is 0 Å². The van der Waals surface area contributed by atoms with Crippen LogP contribution in [0.2, 0.25) is 0 Å². The second kappa shape index (κ2) is 10.1. The molecule has 0 aromatic carbocycles. The fraction of sp³-hybridized carbons (Fsp3) is 0.647. The second-order valence-corrected chi connectivity index (χ2v) is 6.43. The lowest BCUT2D eigenvalue weighted by Gasteiger charge is -2.17. The van der Waals surface area contributed by atoms with E-state index in [-0.39, 0.29) is 6.42 Å². The zero-order valence-electron chi connectivity index (χ0n) is 15.1. The lowest BCUT2D eigenvalue weighted by atomic mass is 10.00. The van der Waals surface area contributed by atoms with E-state index in [0.717, 1.165) is 19.3 Å². The monoisotopic (exact) mass is 364 g/mol. The lowest BCUT2D eigenvalue weighted by Crippen LogP contribution is -2.28. The molecule has 9 heteroatoms. The van der Waals surface area contributed by atoms with Crippen LogP contribution in [-0.4, -0.2) is 58.3 Å². The molecule has 0 saturated heterocycles. The summed E-state index contributed by atoms with van der Waals surface area (Å²) in [5.41, 5.74) is 1.66. The highest BCUT2D eigenvalue weighted by Gasteiger charge is 2.24. The summed E-state index contributed by atoms with van der Waals surface area (Å²) in [5.74, 6) is 0. The number of nitrogens with one attached hydrogen (secondary N) is 2. The number of aromatic nitrogens is 6. The number of nitrogens with zero attached hydrogens (tertiary/aromatic N) is 4. The van der Waals surface area contributed by atoms with Gasteiger partial charge in [-0.15, -0.1) is 16.8 Å². The highest BCUT2D eigenvalue weighted by Crippen LogP contribution is 2.26. The summed E-state index contributed by atoms with van der Waals surface area (Å²) in [6.45, 7) is 5.69. The molecule has 0 saturated carbocycles. The summed E-state index contributed by atoms with van der Waals surface area (Å²) in [5, 5.41) is 51.1. The number of H-pyrrole nitrogens is 2. The van der Waals surface area contributed by atoms with Gasteiger partial charge in [-0.05, 0) is 6.42 Å². The summed E-state index contributed by atoms with van der Waals surface area (Å²) in [4.78, 5) is 0. The lowest BCUT2D eigenvalue weighted by molar-refractivity contribution is 0.0132. The van der Waals surface area contributed by atoms with Crippen molar-refractivity contribution in [3.63, 3.8) is 0 Å². The first-order valence-electron chi connectivity index (χ1n) is 9.06. The SMILES string of the molecule is C=CC(O)c1nn[nH]c1-c1[nH]nnc1C[C@@H](O)[C@H](O)CCCCCCC. The number of unbranched alkanes of at least 4 members (excludes halogenated alkanes) is 4. The molecule has 2 aromatic heterocycles. The first-order chi connectivity index (χ1) is 12.6. The minimum Gasteiger partial charge on any atom is -0.390 e. The highest BCUT2D eigenvalue weighted by atomic mass is 16.3. The highest BCUT2D eigenvalue weighted by molar-refractivity contribution is 5.59. The fourth-order valence-corrected chi connectivity index (χ4v) is 2.82. The molecule has 0 amide bonds. The molecule has 144 valence electrons. The van der Waals surface area contributed by atoms with Gasteiger partial charge in [-0.2, -0.15) is 0 Å². The third kappa shape index (κ3) is 5.20. The van der Waals surface area contributed by atoms with Crippen molar-refractivity contribution in [3.05, 3.63) is 24.0 Å². The molecular weight excluding hydrogens is 336 g/mol. The van der Waals surface area contributed by atoms with Crippen molar-refractivity contribution in [2.75, 3.05) is 0 Å². The predicted octanol–water partition coefficient (Wildman–Crippen LogP) is 1.43. The minimum atomic E-state index is -0.987. The Morgan fingerprint density at radius 3 is 2.38 bits per heavy atom. The number of aliphatic hydroxyl groups is 3. The van der Waals surface area contributed by atoms with E-state index >= 15 is 0 Å². The maximum Gasteiger partial charge on any atom is 0.124 e. The Hall–Kier alpha value is -2.10. The molecule has 0 radical (unpaired) electrons. The molecule has 1 unspecified atom stereocenters. The van der Waals surface area contributed by atoms with Crippen LogP contribution in [0.25, 0.3) is 11.4 Å². The molecular formula is C17H28N6O3. The number of hydrogen-bond acceptors (Lipinski definition) is 7. The first-order valence-corrected chi connectivity index (χ1v) is 9.06. The maximum atomic E-state index is 10.3. The van der Waals surface area contributed by atoms with E-state index in [1.54, 1.807) is 0 Å². The topological polar surface area (TPSA) is 144 Å². The standard InChI is InChI=1S/C17H28N6O3/c1-3-5-6-7-8-9-13(25)14(26)10-11-15(19-22-18-11)17-16(12(24)4-2)20-23-21-17/h4,12-14,24-26H,2-3,5-10H2,1H3,(H,18,19,22)(H,20,21,23)/t12?,13-,14-/m1/s1. The van der Waals surface area contributed by atoms with Crippen molar-refractivity contribution in [1.29, 1.82) is 0 Å². The Labute approximate surface area is 152 Å². The molecule has 2 rings (SSSR count). The molecule has 0 aliphatic carbocycles. The van der Waals surface area contributed by atoms with Gasteiger partial charge in [-0.3, -0.25) is 10.2 Å². The Kier molecular flexibility index (Phi) is 7.89. The van der Waals surface area contributed by atoms with Gasteiger partial charge in [0.25, 0.3) is 0 Å². The van der Waals surface area contributed by atoms with Crippen LogP contribution in [0.5, 0.6) is 0 Å². The number of rotatable bonds is 12. The van der Waals surface area contributed by atoms with Crippen molar-refractivity contribution < 1.29 is 15.3 Å². The predicted molar refractivity (Wildman–Crippen MR) is 96.0 cm³/mol. The molecule has 2 heterocycles. The second-order valence-electron chi connectivity index (χ2n) is 6.43. The molecule has 9 nitrogen and oxygen atoms in total. The Balaban J connectivity index is 1.98. The van der Waals surface area contributed by atoms with Crippen LogP contribution in [0.3, 0.4) is 0 Å². The molecule has 0 bridgehead atoms. The summed E-state index contributed by atoms with van der Waals surface area (Å²) < 4.78 is 0. The summed E-state index contributed by atoms with van der Waals surface area (Å²) in [6, 6.07) is 0. The van der Waals surface area contributed by atoms with Crippen molar-refractivity contribution in [1.82, 2.24) is 30.8 Å². The third-order valence-corrected chi connectivity index (χ3v) is 4.40. The van der Waals surface area contributed by atoms with Crippen molar-refractivity contribution in [3.8, 4) is 11.4 Å². The van der Waals surface area contributed by atoms with Gasteiger partial charge in [0, 0.05) is 6.42 Å². The van der Waals surface area contributed by atoms with E-state index in [2.05, 4.69) is 44.3 Å². The van der Waals surface area contributed by atoms with Gasteiger partial charge < -0.3 is 15.3 Å². The van der Waals surface area contributed by atoms with E-state index in [1.807, 2.05) is 0 Å². The summed E-state index contributed by atoms with van der Waals surface area (Å²) in [6.07, 6.45) is 4.69. The quantitative estimate of drug-likeness (QED) is 0.283. The maximum absolute atomic E-state index is 10.3. The molecule has 2 aromatic rings. The van der Waals surface area contributed by atoms with Crippen LogP contribution in [0.4, 0.5) is 0 Å². The summed E-state index contributed by atoms with van der Waals surface area (Å²) in [7, 11) is 0. The van der Waals surface area contributed by atoms with Gasteiger partial charge in [0.15, 0.2) is 0 Å². The van der Waals surface area contributed by atoms with E-state index < -0.39 is 18.3 Å². The van der Waals surface area contributed by atoms with E-state index in [1.165, 1.54) is 18.9 Å². The average molecular weight is 364 g/mol. The van der Waals surface area contributed by atoms with Crippen LogP contribution in [0.15, 0.2) is 12.7 Å². The van der Waals surface area contributed by atoms with Gasteiger partial charge in [0.05, 0.1) is 17.9 Å². The van der Waals surface area contributed by atoms with Crippen molar-refractivity contribution in [2.24, 2.45) is 0 Å². The van der Waals surface area contributed by atoms with Gasteiger partial charge in [-0.25, -0.2) is 0 Å². The van der Waals surface area contributed by atoms with Crippen molar-refractivity contribution in [2.45, 2.75) is 70.2 Å². The van der Waals surface area contributed by atoms with Crippen molar-refractivity contribution >= 4 is 0 Å². The zero-order valence-corrected chi connectivity index (χ0v) is 15.1. The number of aliphatic hydroxyl groups excluding tert-OH is 3. The van der Waals surface area contributed by atoms with Crippen LogP contribution < -0.4 is 0 Å². The normalized spacial score (nSPS) is 14.9. The van der Waals surface area contributed by atoms with Crippen LogP contribution in [0, 0.1) is 0 Å². The fourth-order valence-electron chi connectivity index (χ4n) is 2.82. The molecule has 0 aliphatic rings. The molecule has 0 fully saturated rings. The minimum absolute atomic E-state index is 0.130. The first kappa shape index (κ1) is 20.2. The molecule has 3 atom stereocenters. The third-order valence-electron chi connectivity index (χ3n) is 4.40. The van der Waals surface area contributed by atoms with E-state index in [0.29, 0.717) is 29.2 Å². The summed E-state index contributed by atoms with van der Waals surface area (Å²) >= 11 is 0. The smallest absolute Gasteiger partial charge is 0.124 e. The van der Waals surface area contributed by atoms with Crippen LogP contribution >= 0.6 is 0 Å². The molecule has 0 spiro atoms. The average Bonchev–Trinajstić information content (AvgIpc) is 3.29. The van der Waals surface area contributed by atoms with Crippen LogP contribution in [-0.2, 0) is 6.42 Å². The Bertz CT molecular complexity index is 671. The van der Waals surface area contributed by atoms with Gasteiger partial charge in [0.1, 0.15) is 23.2 Å². The Morgan fingerprint density at radius 1 is 0.962 bits per heavy atom.